The number of nitrogens with one attached hydrogen (secondary N) is 1. The number of amides is 1. The van der Waals surface area contributed by atoms with Crippen LogP contribution in [-0.2, 0) is 22.6 Å². The third kappa shape index (κ3) is 6.12. The average molecular weight is 467 g/mol. The zero-order valence-electron chi connectivity index (χ0n) is 19.3. The number of nitro benzene ring substituents is 1. The van der Waals surface area contributed by atoms with Crippen molar-refractivity contribution in [2.75, 3.05) is 33.4 Å². The van der Waals surface area contributed by atoms with E-state index in [0.717, 1.165) is 54.8 Å². The quantitative estimate of drug-likeness (QED) is 0.363. The lowest BCUT2D eigenvalue weighted by atomic mass is 10.1. The van der Waals surface area contributed by atoms with Crippen LogP contribution >= 0.6 is 0 Å². The molecule has 0 aliphatic carbocycles. The van der Waals surface area contributed by atoms with Gasteiger partial charge in [-0.1, -0.05) is 12.1 Å². The van der Waals surface area contributed by atoms with E-state index in [4.69, 9.17) is 9.47 Å². The molecule has 0 saturated carbocycles. The fourth-order valence-electron chi connectivity index (χ4n) is 4.21. The van der Waals surface area contributed by atoms with Gasteiger partial charge in [0.1, 0.15) is 18.9 Å². The van der Waals surface area contributed by atoms with E-state index < -0.39 is 4.92 Å². The molecule has 9 nitrogen and oxygen atoms in total. The van der Waals surface area contributed by atoms with Crippen molar-refractivity contribution in [2.45, 2.75) is 32.0 Å². The fraction of sp³-hybridized carbons (Fsp3) is 0.400. The summed E-state index contributed by atoms with van der Waals surface area (Å²) in [5.41, 5.74) is 1.77. The molecule has 1 saturated heterocycles. The number of carbonyl (C=O) groups excluding carboxylic acids is 1. The Hall–Kier alpha value is -3.43. The third-order valence-corrected chi connectivity index (χ3v) is 6.19. The van der Waals surface area contributed by atoms with Gasteiger partial charge in [0.15, 0.2) is 0 Å². The van der Waals surface area contributed by atoms with Crippen molar-refractivity contribution in [3.63, 3.8) is 0 Å². The lowest BCUT2D eigenvalue weighted by Gasteiger charge is -2.31. The number of fused-ring (bicyclic) bond motifs is 1. The van der Waals surface area contributed by atoms with E-state index in [1.54, 1.807) is 22.9 Å². The van der Waals surface area contributed by atoms with E-state index >= 15 is 0 Å². The molecule has 2 aromatic carbocycles. The summed E-state index contributed by atoms with van der Waals surface area (Å²) in [6.07, 6.45) is 3.88. The highest BCUT2D eigenvalue weighted by atomic mass is 16.6. The Morgan fingerprint density at radius 3 is 2.85 bits per heavy atom. The highest BCUT2D eigenvalue weighted by Gasteiger charge is 2.18. The van der Waals surface area contributed by atoms with E-state index in [1.165, 1.54) is 12.1 Å². The first-order valence-corrected chi connectivity index (χ1v) is 11.5. The third-order valence-electron chi connectivity index (χ3n) is 6.19. The van der Waals surface area contributed by atoms with Gasteiger partial charge in [0.05, 0.1) is 4.92 Å². The molecule has 0 spiro atoms. The monoisotopic (exact) mass is 466 g/mol. The summed E-state index contributed by atoms with van der Waals surface area (Å²) >= 11 is 0. The van der Waals surface area contributed by atoms with Crippen LogP contribution in [0.5, 0.6) is 5.75 Å². The van der Waals surface area contributed by atoms with Gasteiger partial charge in [-0.3, -0.25) is 19.8 Å². The first-order chi connectivity index (χ1) is 16.5. The van der Waals surface area contributed by atoms with E-state index in [1.807, 2.05) is 24.3 Å². The van der Waals surface area contributed by atoms with Crippen LogP contribution in [0, 0.1) is 10.1 Å². The van der Waals surface area contributed by atoms with Gasteiger partial charge in [0.25, 0.3) is 5.69 Å². The van der Waals surface area contributed by atoms with Gasteiger partial charge in [0.2, 0.25) is 5.91 Å². The van der Waals surface area contributed by atoms with Crippen LogP contribution in [-0.4, -0.2) is 59.8 Å². The second-order valence-electron chi connectivity index (χ2n) is 8.54. The molecule has 0 atom stereocenters. The van der Waals surface area contributed by atoms with Gasteiger partial charge in [-0.2, -0.15) is 0 Å². The van der Waals surface area contributed by atoms with Crippen molar-refractivity contribution in [2.24, 2.45) is 0 Å². The predicted octanol–water partition coefficient (Wildman–Crippen LogP) is 3.36. The molecule has 1 aliphatic heterocycles. The standard InChI is InChI=1S/C25H30N4O5/c1-27(21-8-12-33-13-9-21)11-14-34-23-4-2-3-19(15-23)17-26-25(30)18-28-10-7-20-16-22(29(31)32)5-6-24(20)28/h2-7,10,15-16,21H,8-9,11-14,17-18H2,1H3,(H,26,30). The summed E-state index contributed by atoms with van der Waals surface area (Å²) in [5.74, 6) is 0.644. The smallest absolute Gasteiger partial charge is 0.270 e. The van der Waals surface area contributed by atoms with Crippen molar-refractivity contribution in [1.29, 1.82) is 0 Å². The topological polar surface area (TPSA) is 98.9 Å². The van der Waals surface area contributed by atoms with E-state index in [2.05, 4.69) is 17.3 Å². The molecule has 2 heterocycles. The number of nitro groups is 1. The molecule has 34 heavy (non-hydrogen) atoms. The van der Waals surface area contributed by atoms with Crippen LogP contribution in [0.15, 0.2) is 54.7 Å². The van der Waals surface area contributed by atoms with E-state index in [9.17, 15) is 14.9 Å². The minimum Gasteiger partial charge on any atom is -0.492 e. The summed E-state index contributed by atoms with van der Waals surface area (Å²) in [6.45, 7) is 3.63. The van der Waals surface area contributed by atoms with Crippen LogP contribution < -0.4 is 10.1 Å². The lowest BCUT2D eigenvalue weighted by Crippen LogP contribution is -2.38. The molecule has 4 rings (SSSR count). The van der Waals surface area contributed by atoms with Crippen molar-refractivity contribution >= 4 is 22.5 Å². The molecule has 9 heteroatoms. The molecule has 1 amide bonds. The summed E-state index contributed by atoms with van der Waals surface area (Å²) in [6, 6.07) is 14.7. The molecule has 180 valence electrons. The molecule has 1 fully saturated rings. The van der Waals surface area contributed by atoms with Crippen LogP contribution in [0.4, 0.5) is 5.69 Å². The average Bonchev–Trinajstić information content (AvgIpc) is 3.25. The molecule has 0 radical (unpaired) electrons. The van der Waals surface area contributed by atoms with Crippen molar-refractivity contribution < 1.29 is 19.2 Å². The number of aromatic nitrogens is 1. The molecule has 1 N–H and O–H groups in total. The lowest BCUT2D eigenvalue weighted by molar-refractivity contribution is -0.384. The number of hydrogen-bond donors (Lipinski definition) is 1. The zero-order chi connectivity index (χ0) is 23.9. The van der Waals surface area contributed by atoms with Crippen LogP contribution in [0.3, 0.4) is 0 Å². The van der Waals surface area contributed by atoms with Crippen LogP contribution in [0.2, 0.25) is 0 Å². The number of likely N-dealkylation sites (N-methyl/N-ethyl adjacent to an activating group) is 1. The Bertz CT molecular complexity index is 1140. The maximum atomic E-state index is 12.5. The van der Waals surface area contributed by atoms with Gasteiger partial charge in [-0.05, 0) is 49.7 Å². The Morgan fingerprint density at radius 1 is 1.24 bits per heavy atom. The van der Waals surface area contributed by atoms with Gasteiger partial charge >= 0.3 is 0 Å². The molecule has 3 aromatic rings. The summed E-state index contributed by atoms with van der Waals surface area (Å²) in [4.78, 5) is 25.3. The maximum absolute atomic E-state index is 12.5. The maximum Gasteiger partial charge on any atom is 0.270 e. The van der Waals surface area contributed by atoms with Crippen LogP contribution in [0.1, 0.15) is 18.4 Å². The summed E-state index contributed by atoms with van der Waals surface area (Å²) in [5, 5.41) is 14.6. The fourth-order valence-corrected chi connectivity index (χ4v) is 4.21. The normalized spacial score (nSPS) is 14.4. The highest BCUT2D eigenvalue weighted by Crippen LogP contribution is 2.22. The number of rotatable bonds is 10. The highest BCUT2D eigenvalue weighted by molar-refractivity contribution is 5.85. The SMILES string of the molecule is CN(CCOc1cccc(CNC(=O)Cn2ccc3cc([N+](=O)[O-])ccc32)c1)C1CCOCC1. The molecular formula is C25H30N4O5. The minimum atomic E-state index is -0.425. The minimum absolute atomic E-state index is 0.0343. The van der Waals surface area contributed by atoms with Gasteiger partial charge in [0, 0.05) is 61.6 Å². The second kappa shape index (κ2) is 11.1. The molecular weight excluding hydrogens is 436 g/mol. The Kier molecular flexibility index (Phi) is 7.76. The number of hydrogen-bond acceptors (Lipinski definition) is 6. The Balaban J connectivity index is 1.25. The van der Waals surface area contributed by atoms with Gasteiger partial charge in [-0.15, -0.1) is 0 Å². The molecule has 0 unspecified atom stereocenters. The van der Waals surface area contributed by atoms with E-state index in [0.29, 0.717) is 19.2 Å². The first kappa shape index (κ1) is 23.7. The number of non-ortho nitro benzene ring substituents is 1. The molecule has 1 aliphatic rings. The van der Waals surface area contributed by atoms with E-state index in [-0.39, 0.29) is 18.1 Å². The number of nitrogens with zero attached hydrogens (tertiary/aromatic N) is 3. The Morgan fingerprint density at radius 2 is 2.06 bits per heavy atom. The van der Waals surface area contributed by atoms with Gasteiger partial charge < -0.3 is 19.4 Å². The number of ether oxygens (including phenoxy) is 2. The van der Waals surface area contributed by atoms with Crippen LogP contribution in [0.25, 0.3) is 10.9 Å². The Labute approximate surface area is 198 Å². The molecule has 0 bridgehead atoms. The largest absolute Gasteiger partial charge is 0.492 e. The first-order valence-electron chi connectivity index (χ1n) is 11.5. The number of benzene rings is 2. The van der Waals surface area contributed by atoms with Crippen molar-refractivity contribution in [3.05, 3.63) is 70.4 Å². The van der Waals surface area contributed by atoms with Crippen molar-refractivity contribution in [1.82, 2.24) is 14.8 Å². The predicted molar refractivity (Wildman–Crippen MR) is 129 cm³/mol. The molecule has 1 aromatic heterocycles. The zero-order valence-corrected chi connectivity index (χ0v) is 19.3. The number of carbonyl (C=O) groups is 1. The van der Waals surface area contributed by atoms with Gasteiger partial charge in [-0.25, -0.2) is 0 Å². The summed E-state index contributed by atoms with van der Waals surface area (Å²) in [7, 11) is 2.13. The second-order valence-corrected chi connectivity index (χ2v) is 8.54. The summed E-state index contributed by atoms with van der Waals surface area (Å²) < 4.78 is 13.1. The van der Waals surface area contributed by atoms with Crippen molar-refractivity contribution in [3.8, 4) is 5.75 Å².